The van der Waals surface area contributed by atoms with E-state index in [-0.39, 0.29) is 0 Å². The van der Waals surface area contributed by atoms with Crippen molar-refractivity contribution in [1.82, 2.24) is 0 Å². The zero-order valence-corrected chi connectivity index (χ0v) is 7.74. The van der Waals surface area contributed by atoms with Crippen LogP contribution < -0.4 is 0 Å². The Kier molecular flexibility index (Phi) is 3.68. The fourth-order valence-electron chi connectivity index (χ4n) is 1.62. The molecule has 0 saturated heterocycles. The lowest BCUT2D eigenvalue weighted by molar-refractivity contribution is 0.203. The van der Waals surface area contributed by atoms with Crippen LogP contribution in [-0.4, -0.2) is 11.5 Å². The fraction of sp³-hybridized carbons (Fsp3) is 1.00. The Morgan fingerprint density at radius 3 is 2.40 bits per heavy atom. The molecule has 1 rings (SSSR count). The van der Waals surface area contributed by atoms with E-state index in [1.807, 2.05) is 0 Å². The molecule has 0 nitrogen and oxygen atoms in total. The van der Waals surface area contributed by atoms with Crippen LogP contribution in [0.2, 0.25) is 0 Å². The third-order valence-corrected chi connectivity index (χ3v) is 2.93. The van der Waals surface area contributed by atoms with Gasteiger partial charge in [-0.05, 0) is 18.8 Å². The molecule has 2 heteroatoms. The summed E-state index contributed by atoms with van der Waals surface area (Å²) in [6.07, 6.45) is 5.39. The first-order chi connectivity index (χ1) is 4.84. The molecule has 1 aliphatic carbocycles. The van der Waals surface area contributed by atoms with E-state index in [1.54, 1.807) is 0 Å². The standard InChI is InChI=1S/C8H14BrF/c9-6-8(10)7-4-2-1-3-5-7/h7-8H,1-6H2/t8-/m1/s1. The van der Waals surface area contributed by atoms with Crippen molar-refractivity contribution in [2.45, 2.75) is 38.3 Å². The maximum absolute atomic E-state index is 13.0. The predicted octanol–water partition coefficient (Wildman–Crippen LogP) is 3.30. The van der Waals surface area contributed by atoms with Crippen LogP contribution in [0.4, 0.5) is 4.39 Å². The minimum atomic E-state index is -0.597. The molecule has 1 aliphatic rings. The lowest BCUT2D eigenvalue weighted by atomic mass is 9.86. The van der Waals surface area contributed by atoms with Crippen molar-refractivity contribution in [3.05, 3.63) is 0 Å². The van der Waals surface area contributed by atoms with Crippen molar-refractivity contribution >= 4 is 15.9 Å². The van der Waals surface area contributed by atoms with Crippen LogP contribution in [0.1, 0.15) is 32.1 Å². The highest BCUT2D eigenvalue weighted by atomic mass is 79.9. The summed E-state index contributed by atoms with van der Waals surface area (Å²) >= 11 is 3.18. The molecule has 0 N–H and O–H groups in total. The van der Waals surface area contributed by atoms with Gasteiger partial charge in [-0.25, -0.2) is 4.39 Å². The van der Waals surface area contributed by atoms with Gasteiger partial charge in [-0.2, -0.15) is 0 Å². The van der Waals surface area contributed by atoms with Crippen LogP contribution in [0, 0.1) is 5.92 Å². The van der Waals surface area contributed by atoms with E-state index < -0.39 is 6.17 Å². The molecule has 0 radical (unpaired) electrons. The third kappa shape index (κ3) is 2.22. The monoisotopic (exact) mass is 208 g/mol. The Morgan fingerprint density at radius 2 is 1.90 bits per heavy atom. The molecule has 1 fully saturated rings. The number of alkyl halides is 2. The Morgan fingerprint density at radius 1 is 1.30 bits per heavy atom. The summed E-state index contributed by atoms with van der Waals surface area (Å²) in [5, 5.41) is 0.525. The molecular formula is C8H14BrF. The number of halogens is 2. The number of hydrogen-bond donors (Lipinski definition) is 0. The molecule has 0 heterocycles. The molecule has 10 heavy (non-hydrogen) atoms. The summed E-state index contributed by atoms with van der Waals surface area (Å²) < 4.78 is 13.0. The van der Waals surface area contributed by atoms with Crippen LogP contribution in [-0.2, 0) is 0 Å². The van der Waals surface area contributed by atoms with Crippen molar-refractivity contribution in [3.8, 4) is 0 Å². The Bertz CT molecular complexity index is 89.3. The van der Waals surface area contributed by atoms with Crippen molar-refractivity contribution in [2.75, 3.05) is 5.33 Å². The number of hydrogen-bond acceptors (Lipinski definition) is 0. The zero-order chi connectivity index (χ0) is 7.40. The Balaban J connectivity index is 2.24. The lowest BCUT2D eigenvalue weighted by Crippen LogP contribution is -2.19. The van der Waals surface area contributed by atoms with Crippen molar-refractivity contribution in [1.29, 1.82) is 0 Å². The topological polar surface area (TPSA) is 0 Å². The summed E-state index contributed by atoms with van der Waals surface area (Å²) in [6, 6.07) is 0. The summed E-state index contributed by atoms with van der Waals surface area (Å²) in [5.41, 5.74) is 0. The van der Waals surface area contributed by atoms with Gasteiger partial charge in [-0.1, -0.05) is 35.2 Å². The Hall–Kier alpha value is 0.410. The molecule has 0 bridgehead atoms. The zero-order valence-electron chi connectivity index (χ0n) is 6.15. The third-order valence-electron chi connectivity index (χ3n) is 2.31. The van der Waals surface area contributed by atoms with Crippen molar-refractivity contribution in [2.24, 2.45) is 5.92 Å². The minimum Gasteiger partial charge on any atom is -0.246 e. The first-order valence-electron chi connectivity index (χ1n) is 4.04. The average molecular weight is 209 g/mol. The fourth-order valence-corrected chi connectivity index (χ4v) is 2.15. The van der Waals surface area contributed by atoms with Gasteiger partial charge < -0.3 is 0 Å². The normalized spacial score (nSPS) is 24.6. The highest BCUT2D eigenvalue weighted by molar-refractivity contribution is 9.09. The van der Waals surface area contributed by atoms with Gasteiger partial charge in [-0.15, -0.1) is 0 Å². The quantitative estimate of drug-likeness (QED) is 0.612. The molecule has 0 spiro atoms. The highest BCUT2D eigenvalue weighted by Crippen LogP contribution is 2.28. The predicted molar refractivity (Wildman–Crippen MR) is 45.3 cm³/mol. The van der Waals surface area contributed by atoms with Gasteiger partial charge in [0.1, 0.15) is 6.17 Å². The van der Waals surface area contributed by atoms with E-state index in [2.05, 4.69) is 15.9 Å². The van der Waals surface area contributed by atoms with Crippen molar-refractivity contribution in [3.63, 3.8) is 0 Å². The van der Waals surface area contributed by atoms with E-state index in [1.165, 1.54) is 19.3 Å². The second-order valence-electron chi connectivity index (χ2n) is 3.07. The SMILES string of the molecule is F[C@H](CBr)C1CCCCC1. The molecule has 0 aromatic carbocycles. The molecule has 1 atom stereocenters. The van der Waals surface area contributed by atoms with E-state index in [4.69, 9.17) is 0 Å². The minimum absolute atomic E-state index is 0.355. The van der Waals surface area contributed by atoms with Crippen LogP contribution in [0.25, 0.3) is 0 Å². The van der Waals surface area contributed by atoms with E-state index in [0.717, 1.165) is 12.8 Å². The molecule has 0 aromatic heterocycles. The average Bonchev–Trinajstić information content (AvgIpc) is 2.05. The maximum atomic E-state index is 13.0. The van der Waals surface area contributed by atoms with E-state index in [0.29, 0.717) is 11.2 Å². The summed E-state index contributed by atoms with van der Waals surface area (Å²) in [4.78, 5) is 0. The van der Waals surface area contributed by atoms with Gasteiger partial charge in [0.05, 0.1) is 0 Å². The van der Waals surface area contributed by atoms with Crippen LogP contribution in [0.5, 0.6) is 0 Å². The largest absolute Gasteiger partial charge is 0.246 e. The molecule has 0 amide bonds. The molecule has 1 saturated carbocycles. The first kappa shape index (κ1) is 8.51. The lowest BCUT2D eigenvalue weighted by Gasteiger charge is -2.23. The second-order valence-corrected chi connectivity index (χ2v) is 3.72. The first-order valence-corrected chi connectivity index (χ1v) is 5.17. The van der Waals surface area contributed by atoms with Gasteiger partial charge >= 0.3 is 0 Å². The number of rotatable bonds is 2. The highest BCUT2D eigenvalue weighted by Gasteiger charge is 2.21. The smallest absolute Gasteiger partial charge is 0.113 e. The maximum Gasteiger partial charge on any atom is 0.113 e. The van der Waals surface area contributed by atoms with Crippen LogP contribution in [0.3, 0.4) is 0 Å². The van der Waals surface area contributed by atoms with E-state index >= 15 is 0 Å². The molecule has 0 unspecified atom stereocenters. The van der Waals surface area contributed by atoms with Gasteiger partial charge in [-0.3, -0.25) is 0 Å². The van der Waals surface area contributed by atoms with Crippen molar-refractivity contribution < 1.29 is 4.39 Å². The Labute approximate surface area is 70.3 Å². The van der Waals surface area contributed by atoms with Gasteiger partial charge in [0.15, 0.2) is 0 Å². The molecule has 0 aliphatic heterocycles. The van der Waals surface area contributed by atoms with Gasteiger partial charge in [0.2, 0.25) is 0 Å². The second kappa shape index (κ2) is 4.32. The van der Waals surface area contributed by atoms with Crippen LogP contribution >= 0.6 is 15.9 Å². The molecule has 60 valence electrons. The van der Waals surface area contributed by atoms with Gasteiger partial charge in [0.25, 0.3) is 0 Å². The van der Waals surface area contributed by atoms with Crippen LogP contribution in [0.15, 0.2) is 0 Å². The van der Waals surface area contributed by atoms with Gasteiger partial charge in [0, 0.05) is 5.33 Å². The summed E-state index contributed by atoms with van der Waals surface area (Å²) in [6.45, 7) is 0. The van der Waals surface area contributed by atoms with E-state index in [9.17, 15) is 4.39 Å². The summed E-state index contributed by atoms with van der Waals surface area (Å²) in [7, 11) is 0. The molecular weight excluding hydrogens is 195 g/mol. The summed E-state index contributed by atoms with van der Waals surface area (Å²) in [5.74, 6) is 0.355. The molecule has 0 aromatic rings.